The molecule has 0 aliphatic rings. The number of aromatic nitrogens is 1. The Morgan fingerprint density at radius 3 is 2.67 bits per heavy atom. The minimum atomic E-state index is -2.92. The van der Waals surface area contributed by atoms with Gasteiger partial charge in [0.1, 0.15) is 5.82 Å². The van der Waals surface area contributed by atoms with Crippen LogP contribution in [0.15, 0.2) is 36.4 Å². The number of benzene rings is 1. The second-order valence-corrected chi connectivity index (χ2v) is 4.24. The molecule has 0 spiro atoms. The third-order valence-corrected chi connectivity index (χ3v) is 2.67. The zero-order valence-corrected chi connectivity index (χ0v) is 12.1. The highest BCUT2D eigenvalue weighted by Gasteiger charge is 2.06. The van der Waals surface area contributed by atoms with Crippen molar-refractivity contribution in [1.29, 1.82) is 0 Å². The molecular formula is C13H11Cl2F3N2O. The molecule has 0 saturated heterocycles. The molecule has 0 amide bonds. The third-order valence-electron chi connectivity index (χ3n) is 2.38. The summed E-state index contributed by atoms with van der Waals surface area (Å²) in [6, 6.07) is 8.71. The first-order valence-electron chi connectivity index (χ1n) is 5.64. The molecule has 2 aromatic rings. The van der Waals surface area contributed by atoms with Crippen molar-refractivity contribution in [3.63, 3.8) is 0 Å². The summed E-state index contributed by atoms with van der Waals surface area (Å²) >= 11 is 5.64. The molecule has 0 aliphatic heterocycles. The third kappa shape index (κ3) is 5.32. The van der Waals surface area contributed by atoms with Crippen LogP contribution in [0, 0.1) is 5.82 Å². The molecule has 0 radical (unpaired) electrons. The van der Waals surface area contributed by atoms with Crippen molar-refractivity contribution in [2.24, 2.45) is 0 Å². The zero-order valence-electron chi connectivity index (χ0n) is 10.5. The number of hydrogen-bond donors (Lipinski definition) is 1. The largest absolute Gasteiger partial charge is 0.417 e. The number of nitrogens with zero attached hydrogens (tertiary/aromatic N) is 1. The van der Waals surface area contributed by atoms with Crippen LogP contribution in [0.2, 0.25) is 5.02 Å². The lowest BCUT2D eigenvalue weighted by Gasteiger charge is -2.08. The molecule has 0 atom stereocenters. The molecule has 1 aromatic heterocycles. The van der Waals surface area contributed by atoms with Crippen molar-refractivity contribution in [3.8, 4) is 5.88 Å². The minimum Gasteiger partial charge on any atom is -0.417 e. The van der Waals surface area contributed by atoms with Crippen molar-refractivity contribution < 1.29 is 17.9 Å². The summed E-state index contributed by atoms with van der Waals surface area (Å²) in [7, 11) is 0. The van der Waals surface area contributed by atoms with Crippen LogP contribution in [0.4, 0.5) is 18.9 Å². The van der Waals surface area contributed by atoms with Crippen molar-refractivity contribution in [3.05, 3.63) is 52.9 Å². The summed E-state index contributed by atoms with van der Waals surface area (Å²) in [5.74, 6) is -0.667. The number of alkyl halides is 2. The van der Waals surface area contributed by atoms with Crippen LogP contribution in [-0.4, -0.2) is 11.6 Å². The fraction of sp³-hybridized carbons (Fsp3) is 0.154. The SMILES string of the molecule is Cl.Fc1ccc(NCc2cccc(OC(F)F)n2)cc1Cl. The monoisotopic (exact) mass is 338 g/mol. The lowest BCUT2D eigenvalue weighted by atomic mass is 10.3. The number of rotatable bonds is 5. The van der Waals surface area contributed by atoms with Gasteiger partial charge in [0.15, 0.2) is 0 Å². The maximum Gasteiger partial charge on any atom is 0.388 e. The van der Waals surface area contributed by atoms with Crippen LogP contribution >= 0.6 is 24.0 Å². The van der Waals surface area contributed by atoms with Gasteiger partial charge in [-0.3, -0.25) is 0 Å². The second-order valence-electron chi connectivity index (χ2n) is 3.83. The van der Waals surface area contributed by atoms with E-state index in [2.05, 4.69) is 15.0 Å². The molecule has 8 heteroatoms. The quantitative estimate of drug-likeness (QED) is 0.870. The average Bonchev–Trinajstić information content (AvgIpc) is 2.40. The molecule has 0 fully saturated rings. The highest BCUT2D eigenvalue weighted by molar-refractivity contribution is 6.31. The van der Waals surface area contributed by atoms with E-state index in [4.69, 9.17) is 11.6 Å². The molecular weight excluding hydrogens is 328 g/mol. The molecule has 0 aliphatic carbocycles. The van der Waals surface area contributed by atoms with Gasteiger partial charge in [-0.25, -0.2) is 9.37 Å². The van der Waals surface area contributed by atoms with Crippen LogP contribution in [-0.2, 0) is 6.54 Å². The fourth-order valence-electron chi connectivity index (χ4n) is 1.51. The van der Waals surface area contributed by atoms with Crippen molar-refractivity contribution >= 4 is 29.7 Å². The summed E-state index contributed by atoms with van der Waals surface area (Å²) in [5, 5.41) is 2.95. The van der Waals surface area contributed by atoms with Gasteiger partial charge in [0.2, 0.25) is 5.88 Å². The fourth-order valence-corrected chi connectivity index (χ4v) is 1.69. The highest BCUT2D eigenvalue weighted by atomic mass is 35.5. The van der Waals surface area contributed by atoms with Crippen LogP contribution in [0.3, 0.4) is 0 Å². The van der Waals surface area contributed by atoms with Crippen molar-refractivity contribution in [1.82, 2.24) is 4.98 Å². The molecule has 1 aromatic carbocycles. The van der Waals surface area contributed by atoms with E-state index in [1.165, 1.54) is 24.3 Å². The molecule has 114 valence electrons. The molecule has 0 unspecified atom stereocenters. The summed E-state index contributed by atoms with van der Waals surface area (Å²) in [5.41, 5.74) is 1.10. The van der Waals surface area contributed by atoms with Gasteiger partial charge >= 0.3 is 6.61 Å². The van der Waals surface area contributed by atoms with E-state index in [1.54, 1.807) is 12.1 Å². The Kier molecular flexibility index (Phi) is 6.58. The molecule has 3 nitrogen and oxygen atoms in total. The Hall–Kier alpha value is -1.66. The highest BCUT2D eigenvalue weighted by Crippen LogP contribution is 2.20. The first-order valence-corrected chi connectivity index (χ1v) is 6.02. The summed E-state index contributed by atoms with van der Waals surface area (Å²) in [6.07, 6.45) is 0. The normalized spacial score (nSPS) is 10.1. The number of anilines is 1. The van der Waals surface area contributed by atoms with Gasteiger partial charge in [0.25, 0.3) is 0 Å². The van der Waals surface area contributed by atoms with E-state index in [9.17, 15) is 13.2 Å². The second kappa shape index (κ2) is 7.95. The zero-order chi connectivity index (χ0) is 14.5. The first-order chi connectivity index (χ1) is 9.54. The standard InChI is InChI=1S/C13H10ClF3N2O.ClH/c14-10-6-8(4-5-11(10)15)18-7-9-2-1-3-12(19-9)20-13(16)17;/h1-6,13,18H,7H2;1H. The number of halogens is 5. The lowest BCUT2D eigenvalue weighted by Crippen LogP contribution is -2.06. The van der Waals surface area contributed by atoms with Gasteiger partial charge in [0.05, 0.1) is 17.3 Å². The van der Waals surface area contributed by atoms with E-state index >= 15 is 0 Å². The van der Waals surface area contributed by atoms with Crippen molar-refractivity contribution in [2.75, 3.05) is 5.32 Å². The van der Waals surface area contributed by atoms with E-state index in [1.807, 2.05) is 0 Å². The summed E-state index contributed by atoms with van der Waals surface area (Å²) < 4.78 is 41.3. The van der Waals surface area contributed by atoms with Gasteiger partial charge < -0.3 is 10.1 Å². The smallest absolute Gasteiger partial charge is 0.388 e. The van der Waals surface area contributed by atoms with Gasteiger partial charge in [-0.15, -0.1) is 12.4 Å². The molecule has 1 heterocycles. The molecule has 21 heavy (non-hydrogen) atoms. The molecule has 0 saturated carbocycles. The Labute approximate surface area is 130 Å². The van der Waals surface area contributed by atoms with E-state index < -0.39 is 12.4 Å². The van der Waals surface area contributed by atoms with Crippen LogP contribution in [0.25, 0.3) is 0 Å². The topological polar surface area (TPSA) is 34.1 Å². The maximum absolute atomic E-state index is 13.0. The van der Waals surface area contributed by atoms with Gasteiger partial charge in [-0.2, -0.15) is 8.78 Å². The number of ether oxygens (including phenoxy) is 1. The van der Waals surface area contributed by atoms with Gasteiger partial charge in [-0.05, 0) is 24.3 Å². The average molecular weight is 339 g/mol. The summed E-state index contributed by atoms with van der Waals surface area (Å²) in [4.78, 5) is 3.90. The van der Waals surface area contributed by atoms with Crippen LogP contribution in [0.1, 0.15) is 5.69 Å². The van der Waals surface area contributed by atoms with Crippen LogP contribution in [0.5, 0.6) is 5.88 Å². The van der Waals surface area contributed by atoms with E-state index in [0.29, 0.717) is 11.4 Å². The van der Waals surface area contributed by atoms with Gasteiger partial charge in [0, 0.05) is 11.8 Å². The minimum absolute atomic E-state index is 0. The van der Waals surface area contributed by atoms with Crippen LogP contribution < -0.4 is 10.1 Å². The number of pyridine rings is 1. The molecule has 2 rings (SSSR count). The predicted octanol–water partition coefficient (Wildman–Crippen LogP) is 4.51. The summed E-state index contributed by atoms with van der Waals surface area (Å²) in [6.45, 7) is -2.65. The van der Waals surface area contributed by atoms with E-state index in [0.717, 1.165) is 0 Å². The van der Waals surface area contributed by atoms with Gasteiger partial charge in [-0.1, -0.05) is 17.7 Å². The predicted molar refractivity (Wildman–Crippen MR) is 76.9 cm³/mol. The van der Waals surface area contributed by atoms with E-state index in [-0.39, 0.29) is 29.9 Å². The number of hydrogen-bond acceptors (Lipinski definition) is 3. The molecule has 0 bridgehead atoms. The Balaban J connectivity index is 0.00000220. The Morgan fingerprint density at radius 1 is 1.24 bits per heavy atom. The lowest BCUT2D eigenvalue weighted by molar-refractivity contribution is -0.0529. The number of nitrogens with one attached hydrogen (secondary N) is 1. The molecule has 1 N–H and O–H groups in total. The maximum atomic E-state index is 13.0. The Morgan fingerprint density at radius 2 is 2.00 bits per heavy atom. The first kappa shape index (κ1) is 17.4. The van der Waals surface area contributed by atoms with Crippen molar-refractivity contribution in [2.45, 2.75) is 13.2 Å². The Bertz CT molecular complexity index is 599.